The summed E-state index contributed by atoms with van der Waals surface area (Å²) in [7, 11) is 3.29. The monoisotopic (exact) mass is 441 g/mol. The van der Waals surface area contributed by atoms with Gasteiger partial charge in [-0.25, -0.2) is 0 Å². The quantitative estimate of drug-likeness (QED) is 0.415. The summed E-state index contributed by atoms with van der Waals surface area (Å²) in [4.78, 5) is 27.4. The second-order valence-electron chi connectivity index (χ2n) is 8.15. The lowest BCUT2D eigenvalue weighted by atomic mass is 9.88. The number of nitro benzene ring substituents is 1. The molecule has 2 unspecified atom stereocenters. The van der Waals surface area contributed by atoms with Crippen molar-refractivity contribution in [1.29, 1.82) is 0 Å². The van der Waals surface area contributed by atoms with E-state index in [1.54, 1.807) is 33.3 Å². The fraction of sp³-hybridized carbons (Fsp3) is 0.458. The highest BCUT2D eigenvalue weighted by Gasteiger charge is 2.37. The van der Waals surface area contributed by atoms with Crippen molar-refractivity contribution in [2.45, 2.75) is 19.4 Å². The molecule has 0 bridgehead atoms. The normalized spacial score (nSPS) is 18.5. The van der Waals surface area contributed by atoms with Crippen LogP contribution in [0.4, 0.5) is 5.69 Å². The first-order chi connectivity index (χ1) is 15.4. The van der Waals surface area contributed by atoms with E-state index in [0.29, 0.717) is 31.8 Å². The molecule has 2 atom stereocenters. The van der Waals surface area contributed by atoms with E-state index in [9.17, 15) is 14.9 Å². The summed E-state index contributed by atoms with van der Waals surface area (Å²) in [5.41, 5.74) is 1.93. The number of nitro groups is 1. The van der Waals surface area contributed by atoms with Gasteiger partial charge in [0, 0.05) is 64.3 Å². The smallest absolute Gasteiger partial charge is 0.273 e. The number of carbonyl (C=O) groups is 1. The predicted octanol–water partition coefficient (Wildman–Crippen LogP) is 3.31. The molecule has 0 radical (unpaired) electrons. The number of nitrogens with zero attached hydrogens (tertiary/aromatic N) is 3. The van der Waals surface area contributed by atoms with E-state index in [0.717, 1.165) is 24.4 Å². The van der Waals surface area contributed by atoms with Gasteiger partial charge in [0.2, 0.25) is 5.91 Å². The largest absolute Gasteiger partial charge is 0.496 e. The Bertz CT molecular complexity index is 935. The van der Waals surface area contributed by atoms with Gasteiger partial charge in [-0.2, -0.15) is 0 Å². The van der Waals surface area contributed by atoms with Gasteiger partial charge >= 0.3 is 0 Å². The summed E-state index contributed by atoms with van der Waals surface area (Å²) in [6.07, 6.45) is 0. The fourth-order valence-corrected chi connectivity index (χ4v) is 4.53. The first-order valence-corrected chi connectivity index (χ1v) is 10.8. The number of rotatable bonds is 10. The summed E-state index contributed by atoms with van der Waals surface area (Å²) in [6.45, 7) is 5.12. The molecule has 32 heavy (non-hydrogen) atoms. The first-order valence-electron chi connectivity index (χ1n) is 10.8. The number of para-hydroxylation sites is 2. The molecule has 1 aliphatic rings. The van der Waals surface area contributed by atoms with E-state index in [-0.39, 0.29) is 28.4 Å². The molecule has 1 saturated heterocycles. The average molecular weight is 442 g/mol. The minimum atomic E-state index is -0.331. The van der Waals surface area contributed by atoms with Crippen LogP contribution in [-0.2, 0) is 16.1 Å². The van der Waals surface area contributed by atoms with Crippen LogP contribution < -0.4 is 4.74 Å². The number of methoxy groups -OCH3 is 2. The number of carbonyl (C=O) groups excluding carboxylic acids is 1. The molecule has 8 nitrogen and oxygen atoms in total. The zero-order chi connectivity index (χ0) is 23.1. The molecule has 3 rings (SSSR count). The minimum Gasteiger partial charge on any atom is -0.496 e. The Morgan fingerprint density at radius 3 is 2.56 bits per heavy atom. The van der Waals surface area contributed by atoms with Gasteiger partial charge in [-0.1, -0.05) is 36.4 Å². The van der Waals surface area contributed by atoms with E-state index in [4.69, 9.17) is 9.47 Å². The van der Waals surface area contributed by atoms with E-state index < -0.39 is 0 Å². The Hall–Kier alpha value is -2.97. The molecule has 1 fully saturated rings. The molecule has 2 aromatic rings. The zero-order valence-corrected chi connectivity index (χ0v) is 18.9. The molecule has 0 aliphatic carbocycles. The van der Waals surface area contributed by atoms with Gasteiger partial charge in [-0.05, 0) is 17.5 Å². The van der Waals surface area contributed by atoms with Crippen LogP contribution in [0.3, 0.4) is 0 Å². The summed E-state index contributed by atoms with van der Waals surface area (Å²) in [5.74, 6) is 1.13. The van der Waals surface area contributed by atoms with Crippen LogP contribution in [0.25, 0.3) is 0 Å². The Balaban J connectivity index is 1.87. The van der Waals surface area contributed by atoms with Crippen LogP contribution in [0.5, 0.6) is 5.75 Å². The molecular formula is C24H31N3O5. The molecular weight excluding hydrogens is 410 g/mol. The van der Waals surface area contributed by atoms with Crippen LogP contribution in [0.15, 0.2) is 48.5 Å². The number of amides is 1. The predicted molar refractivity (Wildman–Crippen MR) is 122 cm³/mol. The van der Waals surface area contributed by atoms with Crippen LogP contribution >= 0.6 is 0 Å². The SMILES string of the molecule is COCCN(CC1CN(Cc2ccccc2[N+](=O)[O-])CC1c1ccccc1OC)C(C)=O. The Labute approximate surface area is 188 Å². The van der Waals surface area contributed by atoms with Crippen molar-refractivity contribution < 1.29 is 19.2 Å². The summed E-state index contributed by atoms with van der Waals surface area (Å²) >= 11 is 0. The molecule has 0 saturated carbocycles. The van der Waals surface area contributed by atoms with Crippen molar-refractivity contribution in [3.05, 3.63) is 69.8 Å². The number of ether oxygens (including phenoxy) is 2. The van der Waals surface area contributed by atoms with E-state index in [2.05, 4.69) is 11.0 Å². The second kappa shape index (κ2) is 11.1. The number of hydrogen-bond donors (Lipinski definition) is 0. The topological polar surface area (TPSA) is 85.2 Å². The third-order valence-electron chi connectivity index (χ3n) is 6.10. The van der Waals surface area contributed by atoms with Crippen molar-refractivity contribution in [3.8, 4) is 5.75 Å². The first kappa shape index (κ1) is 23.7. The standard InChI is InChI=1S/C24H31N3O5/c1-18(28)26(12-13-31-2)16-20-15-25(14-19-8-4-6-10-23(19)27(29)30)17-22(20)21-9-5-7-11-24(21)32-3/h4-11,20,22H,12-17H2,1-3H3. The van der Waals surface area contributed by atoms with Crippen molar-refractivity contribution in [2.24, 2.45) is 5.92 Å². The van der Waals surface area contributed by atoms with Crippen molar-refractivity contribution in [1.82, 2.24) is 9.80 Å². The maximum atomic E-state index is 12.3. The molecule has 8 heteroatoms. The maximum absolute atomic E-state index is 12.3. The van der Waals surface area contributed by atoms with Gasteiger partial charge in [0.15, 0.2) is 0 Å². The highest BCUT2D eigenvalue weighted by atomic mass is 16.6. The Morgan fingerprint density at radius 2 is 1.88 bits per heavy atom. The van der Waals surface area contributed by atoms with Crippen LogP contribution in [0, 0.1) is 16.0 Å². The summed E-state index contributed by atoms with van der Waals surface area (Å²) in [5, 5.41) is 11.5. The molecule has 0 N–H and O–H groups in total. The minimum absolute atomic E-state index is 0.0120. The summed E-state index contributed by atoms with van der Waals surface area (Å²) in [6, 6.07) is 14.8. The van der Waals surface area contributed by atoms with Crippen molar-refractivity contribution >= 4 is 11.6 Å². The van der Waals surface area contributed by atoms with Crippen LogP contribution in [0.1, 0.15) is 24.0 Å². The van der Waals surface area contributed by atoms with Crippen LogP contribution in [-0.4, -0.2) is 67.6 Å². The van der Waals surface area contributed by atoms with Gasteiger partial charge in [-0.15, -0.1) is 0 Å². The molecule has 0 aromatic heterocycles. The van der Waals surface area contributed by atoms with Gasteiger partial charge in [0.25, 0.3) is 5.69 Å². The molecule has 172 valence electrons. The molecule has 2 aromatic carbocycles. The maximum Gasteiger partial charge on any atom is 0.273 e. The zero-order valence-electron chi connectivity index (χ0n) is 18.9. The summed E-state index contributed by atoms with van der Waals surface area (Å²) < 4.78 is 10.8. The lowest BCUT2D eigenvalue weighted by molar-refractivity contribution is -0.385. The van der Waals surface area contributed by atoms with Gasteiger partial charge in [0.05, 0.1) is 18.6 Å². The lowest BCUT2D eigenvalue weighted by Crippen LogP contribution is -2.38. The van der Waals surface area contributed by atoms with Crippen molar-refractivity contribution in [2.75, 3.05) is 47.0 Å². The average Bonchev–Trinajstić information content (AvgIpc) is 3.18. The van der Waals surface area contributed by atoms with Gasteiger partial charge < -0.3 is 14.4 Å². The van der Waals surface area contributed by atoms with Gasteiger partial charge in [-0.3, -0.25) is 19.8 Å². The second-order valence-corrected chi connectivity index (χ2v) is 8.15. The highest BCUT2D eigenvalue weighted by molar-refractivity contribution is 5.73. The highest BCUT2D eigenvalue weighted by Crippen LogP contribution is 2.39. The van der Waals surface area contributed by atoms with E-state index in [1.165, 1.54) is 0 Å². The number of hydrogen-bond acceptors (Lipinski definition) is 6. The van der Waals surface area contributed by atoms with Gasteiger partial charge in [0.1, 0.15) is 5.75 Å². The molecule has 1 amide bonds. The van der Waals surface area contributed by atoms with E-state index >= 15 is 0 Å². The molecule has 1 heterocycles. The third-order valence-corrected chi connectivity index (χ3v) is 6.10. The van der Waals surface area contributed by atoms with Crippen molar-refractivity contribution in [3.63, 3.8) is 0 Å². The third kappa shape index (κ3) is 5.63. The lowest BCUT2D eigenvalue weighted by Gasteiger charge is -2.28. The molecule has 0 spiro atoms. The number of benzene rings is 2. The molecule has 1 aliphatic heterocycles. The Morgan fingerprint density at radius 1 is 1.16 bits per heavy atom. The number of likely N-dealkylation sites (tertiary alicyclic amines) is 1. The fourth-order valence-electron chi connectivity index (χ4n) is 4.53. The van der Waals surface area contributed by atoms with Crippen LogP contribution in [0.2, 0.25) is 0 Å². The van der Waals surface area contributed by atoms with E-state index in [1.807, 2.05) is 35.2 Å². The Kier molecular flexibility index (Phi) is 8.19.